The Hall–Kier alpha value is -1.73. The van der Waals surface area contributed by atoms with Gasteiger partial charge in [0.15, 0.2) is 6.20 Å². The Kier molecular flexibility index (Phi) is 5.77. The standard InChI is InChI=1S/C21H21N2OS.HI/c1-4-23-20(25-19-11-7-10-18(24-3)21(19)23)14-15-12-13-22(2)17-9-6-5-8-16(15)17;/h5-14H,4H2,1-3H3;1H/q+1;/p-1. The molecule has 1 aliphatic heterocycles. The summed E-state index contributed by atoms with van der Waals surface area (Å²) in [5, 5.41) is 2.50. The number of nitrogens with zero attached hydrogens (tertiary/aromatic N) is 2. The molecule has 0 unspecified atom stereocenters. The van der Waals surface area contributed by atoms with Crippen LogP contribution in [-0.4, -0.2) is 13.7 Å². The molecule has 0 amide bonds. The Balaban J connectivity index is 0.00000196. The Morgan fingerprint density at radius 2 is 1.92 bits per heavy atom. The van der Waals surface area contributed by atoms with E-state index in [-0.39, 0.29) is 24.0 Å². The molecule has 0 spiro atoms. The van der Waals surface area contributed by atoms with Crippen molar-refractivity contribution < 1.29 is 33.3 Å². The molecular formula is C21H21IN2OS. The van der Waals surface area contributed by atoms with Gasteiger partial charge in [0.05, 0.1) is 23.2 Å². The van der Waals surface area contributed by atoms with Gasteiger partial charge in [0.25, 0.3) is 0 Å². The highest BCUT2D eigenvalue weighted by molar-refractivity contribution is 8.03. The number of anilines is 1. The Morgan fingerprint density at radius 3 is 2.69 bits per heavy atom. The summed E-state index contributed by atoms with van der Waals surface area (Å²) < 4.78 is 7.75. The Labute approximate surface area is 175 Å². The van der Waals surface area contributed by atoms with Crippen LogP contribution in [0.2, 0.25) is 0 Å². The molecular weight excluding hydrogens is 455 g/mol. The number of thioether (sulfide) groups is 1. The molecule has 0 fully saturated rings. The third-order valence-electron chi connectivity index (χ3n) is 4.60. The van der Waals surface area contributed by atoms with E-state index in [1.165, 1.54) is 32.1 Å². The van der Waals surface area contributed by atoms with E-state index in [1.54, 1.807) is 18.9 Å². The molecule has 1 aromatic heterocycles. The van der Waals surface area contributed by atoms with Gasteiger partial charge in [-0.3, -0.25) is 0 Å². The lowest BCUT2D eigenvalue weighted by molar-refractivity contribution is -0.644. The van der Waals surface area contributed by atoms with Crippen molar-refractivity contribution in [2.24, 2.45) is 7.05 Å². The quantitative estimate of drug-likeness (QED) is 0.423. The van der Waals surface area contributed by atoms with Gasteiger partial charge in [-0.25, -0.2) is 4.57 Å². The van der Waals surface area contributed by atoms with Crippen molar-refractivity contribution in [1.29, 1.82) is 0 Å². The molecule has 5 heteroatoms. The van der Waals surface area contributed by atoms with Gasteiger partial charge in [0.2, 0.25) is 5.52 Å². The zero-order valence-corrected chi connectivity index (χ0v) is 18.0. The van der Waals surface area contributed by atoms with Crippen molar-refractivity contribution in [3.05, 3.63) is 65.3 Å². The van der Waals surface area contributed by atoms with E-state index in [1.807, 2.05) is 6.07 Å². The number of hydrogen-bond acceptors (Lipinski definition) is 3. The van der Waals surface area contributed by atoms with Crippen LogP contribution >= 0.6 is 11.8 Å². The normalized spacial score (nSPS) is 14.4. The molecule has 26 heavy (non-hydrogen) atoms. The number of halogens is 1. The highest BCUT2D eigenvalue weighted by Crippen LogP contribution is 2.50. The minimum atomic E-state index is 0. The van der Waals surface area contributed by atoms with Crippen LogP contribution in [-0.2, 0) is 7.05 Å². The maximum Gasteiger partial charge on any atom is 0.212 e. The molecule has 134 valence electrons. The summed E-state index contributed by atoms with van der Waals surface area (Å²) in [6.07, 6.45) is 4.41. The van der Waals surface area contributed by atoms with Crippen LogP contribution in [0.1, 0.15) is 12.5 Å². The van der Waals surface area contributed by atoms with Crippen molar-refractivity contribution in [2.75, 3.05) is 18.6 Å². The summed E-state index contributed by atoms with van der Waals surface area (Å²) >= 11 is 1.81. The number of aromatic nitrogens is 1. The zero-order valence-electron chi connectivity index (χ0n) is 15.1. The van der Waals surface area contributed by atoms with E-state index in [0.717, 1.165) is 12.3 Å². The van der Waals surface area contributed by atoms with Crippen molar-refractivity contribution in [3.63, 3.8) is 0 Å². The molecule has 2 heterocycles. The van der Waals surface area contributed by atoms with Crippen LogP contribution < -0.4 is 38.2 Å². The molecule has 4 rings (SSSR count). The number of ether oxygens (including phenoxy) is 1. The molecule has 3 nitrogen and oxygen atoms in total. The van der Waals surface area contributed by atoms with Crippen molar-refractivity contribution >= 4 is 34.4 Å². The molecule has 0 saturated carbocycles. The second kappa shape index (κ2) is 7.88. The van der Waals surface area contributed by atoms with Gasteiger partial charge in [-0.05, 0) is 36.8 Å². The van der Waals surface area contributed by atoms with Gasteiger partial charge in [0, 0.05) is 23.6 Å². The van der Waals surface area contributed by atoms with E-state index in [4.69, 9.17) is 4.74 Å². The van der Waals surface area contributed by atoms with Crippen molar-refractivity contribution in [2.45, 2.75) is 11.8 Å². The number of benzene rings is 2. The Morgan fingerprint density at radius 1 is 1.12 bits per heavy atom. The second-order valence-corrected chi connectivity index (χ2v) is 7.10. The Bertz CT molecular complexity index is 987. The highest BCUT2D eigenvalue weighted by Gasteiger charge is 2.27. The third kappa shape index (κ3) is 3.18. The van der Waals surface area contributed by atoms with E-state index in [2.05, 4.69) is 78.2 Å². The fourth-order valence-electron chi connectivity index (χ4n) is 3.36. The second-order valence-electron chi connectivity index (χ2n) is 6.04. The van der Waals surface area contributed by atoms with E-state index >= 15 is 0 Å². The number of methoxy groups -OCH3 is 1. The van der Waals surface area contributed by atoms with E-state index in [0.29, 0.717) is 0 Å². The van der Waals surface area contributed by atoms with Crippen molar-refractivity contribution in [1.82, 2.24) is 0 Å². The van der Waals surface area contributed by atoms with Crippen LogP contribution in [0, 0.1) is 0 Å². The highest BCUT2D eigenvalue weighted by atomic mass is 127. The van der Waals surface area contributed by atoms with Gasteiger partial charge in [-0.1, -0.05) is 30.0 Å². The average molecular weight is 476 g/mol. The first-order valence-electron chi connectivity index (χ1n) is 8.44. The van der Waals surface area contributed by atoms with Crippen LogP contribution in [0.4, 0.5) is 5.69 Å². The topological polar surface area (TPSA) is 16.4 Å². The van der Waals surface area contributed by atoms with E-state index < -0.39 is 0 Å². The SMILES string of the molecule is CCN1/C(=C/c2cc[n+](C)c3ccccc23)Sc2cccc(OC)c21.[I-]. The minimum absolute atomic E-state index is 0. The summed E-state index contributed by atoms with van der Waals surface area (Å²) in [6.45, 7) is 3.09. The molecule has 1 aliphatic rings. The third-order valence-corrected chi connectivity index (χ3v) is 5.70. The number of rotatable bonds is 3. The van der Waals surface area contributed by atoms with Crippen LogP contribution in [0.5, 0.6) is 5.75 Å². The first-order chi connectivity index (χ1) is 12.2. The van der Waals surface area contributed by atoms with Gasteiger partial charge < -0.3 is 33.6 Å². The molecule has 0 atom stereocenters. The number of pyridine rings is 1. The lowest BCUT2D eigenvalue weighted by Gasteiger charge is -2.20. The smallest absolute Gasteiger partial charge is 0.212 e. The van der Waals surface area contributed by atoms with Gasteiger partial charge in [-0.15, -0.1) is 0 Å². The summed E-state index contributed by atoms with van der Waals surface area (Å²) in [4.78, 5) is 3.58. The lowest BCUT2D eigenvalue weighted by Crippen LogP contribution is -3.00. The first kappa shape index (κ1) is 19.0. The first-order valence-corrected chi connectivity index (χ1v) is 9.26. The molecule has 0 radical (unpaired) electrons. The molecule has 0 bridgehead atoms. The lowest BCUT2D eigenvalue weighted by atomic mass is 10.1. The monoisotopic (exact) mass is 476 g/mol. The van der Waals surface area contributed by atoms with Gasteiger partial charge in [-0.2, -0.15) is 0 Å². The summed E-state index contributed by atoms with van der Waals surface area (Å²) in [7, 11) is 3.82. The number of fused-ring (bicyclic) bond motifs is 2. The molecule has 3 aromatic rings. The van der Waals surface area contributed by atoms with Crippen LogP contribution in [0.25, 0.3) is 17.0 Å². The molecule has 0 saturated heterocycles. The fourth-order valence-corrected chi connectivity index (χ4v) is 4.56. The van der Waals surface area contributed by atoms with E-state index in [9.17, 15) is 0 Å². The van der Waals surface area contributed by atoms with Crippen LogP contribution in [0.3, 0.4) is 0 Å². The number of para-hydroxylation sites is 2. The van der Waals surface area contributed by atoms with Crippen LogP contribution in [0.15, 0.2) is 64.7 Å². The molecule has 0 aliphatic carbocycles. The number of hydrogen-bond donors (Lipinski definition) is 0. The van der Waals surface area contributed by atoms with Crippen molar-refractivity contribution in [3.8, 4) is 5.75 Å². The summed E-state index contributed by atoms with van der Waals surface area (Å²) in [6, 6.07) is 17.0. The maximum atomic E-state index is 5.59. The predicted octanol–water partition coefficient (Wildman–Crippen LogP) is 1.61. The maximum absolute atomic E-state index is 5.59. The molecule has 2 aromatic carbocycles. The van der Waals surface area contributed by atoms with Gasteiger partial charge in [0.1, 0.15) is 12.8 Å². The largest absolute Gasteiger partial charge is 1.00 e. The predicted molar refractivity (Wildman–Crippen MR) is 105 cm³/mol. The summed E-state index contributed by atoms with van der Waals surface area (Å²) in [5.41, 5.74) is 3.65. The minimum Gasteiger partial charge on any atom is -1.00 e. The summed E-state index contributed by atoms with van der Waals surface area (Å²) in [5.74, 6) is 0.930. The average Bonchev–Trinajstić information content (AvgIpc) is 3.01. The zero-order chi connectivity index (χ0) is 17.4. The fraction of sp³-hybridized carbons (Fsp3) is 0.190. The molecule has 0 N–H and O–H groups in total. The van der Waals surface area contributed by atoms with Gasteiger partial charge >= 0.3 is 0 Å². The number of aryl methyl sites for hydroxylation is 1.